The number of nitrogens with two attached hydrogens (primary N) is 1. The van der Waals surface area contributed by atoms with Crippen molar-refractivity contribution in [3.05, 3.63) is 45.4 Å². The summed E-state index contributed by atoms with van der Waals surface area (Å²) in [4.78, 5) is 15.9. The standard InChI is InChI=1S/C14H16ClN3O2S/c15-10-1-3-12(4-2-10)20-8-14-18-11(9-21-14)7-13(19)17-6-5-16/h1-4,9H,5-8,16H2,(H,17,19). The highest BCUT2D eigenvalue weighted by Gasteiger charge is 2.07. The van der Waals surface area contributed by atoms with Crippen LogP contribution in [0.15, 0.2) is 29.6 Å². The number of carbonyl (C=O) groups is 1. The van der Waals surface area contributed by atoms with Crippen molar-refractivity contribution in [2.24, 2.45) is 5.73 Å². The van der Waals surface area contributed by atoms with Gasteiger partial charge in [-0.3, -0.25) is 4.79 Å². The lowest BCUT2D eigenvalue weighted by Crippen LogP contribution is -2.30. The Morgan fingerprint density at radius 3 is 2.86 bits per heavy atom. The Morgan fingerprint density at radius 1 is 1.38 bits per heavy atom. The van der Waals surface area contributed by atoms with Gasteiger partial charge in [0.05, 0.1) is 12.1 Å². The fourth-order valence-corrected chi connectivity index (χ4v) is 2.44. The summed E-state index contributed by atoms with van der Waals surface area (Å²) in [5.41, 5.74) is 6.07. The first kappa shape index (κ1) is 15.8. The molecule has 0 saturated heterocycles. The van der Waals surface area contributed by atoms with Crippen molar-refractivity contribution in [3.63, 3.8) is 0 Å². The lowest BCUT2D eigenvalue weighted by molar-refractivity contribution is -0.120. The normalized spacial score (nSPS) is 10.4. The summed E-state index contributed by atoms with van der Waals surface area (Å²) in [6.07, 6.45) is 0.261. The van der Waals surface area contributed by atoms with Gasteiger partial charge in [-0.1, -0.05) is 11.6 Å². The minimum Gasteiger partial charge on any atom is -0.486 e. The zero-order chi connectivity index (χ0) is 15.1. The molecule has 0 saturated carbocycles. The molecule has 0 bridgehead atoms. The van der Waals surface area contributed by atoms with E-state index in [-0.39, 0.29) is 12.3 Å². The summed E-state index contributed by atoms with van der Waals surface area (Å²) in [5.74, 6) is 0.660. The van der Waals surface area contributed by atoms with Gasteiger partial charge in [-0.2, -0.15) is 0 Å². The fraction of sp³-hybridized carbons (Fsp3) is 0.286. The van der Waals surface area contributed by atoms with Crippen molar-refractivity contribution in [2.45, 2.75) is 13.0 Å². The lowest BCUT2D eigenvalue weighted by Gasteiger charge is -2.03. The number of benzene rings is 1. The molecule has 0 aliphatic heterocycles. The summed E-state index contributed by atoms with van der Waals surface area (Å²) in [6, 6.07) is 7.14. The molecular formula is C14H16ClN3O2S. The van der Waals surface area contributed by atoms with E-state index in [2.05, 4.69) is 10.3 Å². The number of nitrogens with zero attached hydrogens (tertiary/aromatic N) is 1. The molecule has 1 amide bonds. The molecule has 0 aliphatic rings. The molecule has 0 aliphatic carbocycles. The number of hydrogen-bond donors (Lipinski definition) is 2. The van der Waals surface area contributed by atoms with E-state index in [0.29, 0.717) is 24.7 Å². The van der Waals surface area contributed by atoms with E-state index in [0.717, 1.165) is 16.5 Å². The second-order valence-corrected chi connectivity index (χ2v) is 5.67. The van der Waals surface area contributed by atoms with Crippen molar-refractivity contribution in [1.82, 2.24) is 10.3 Å². The van der Waals surface area contributed by atoms with E-state index >= 15 is 0 Å². The number of ether oxygens (including phenoxy) is 1. The van der Waals surface area contributed by atoms with Gasteiger partial charge in [-0.05, 0) is 24.3 Å². The topological polar surface area (TPSA) is 77.2 Å². The average Bonchev–Trinajstić information content (AvgIpc) is 2.92. The Morgan fingerprint density at radius 2 is 2.14 bits per heavy atom. The van der Waals surface area contributed by atoms with Gasteiger partial charge in [0.25, 0.3) is 0 Å². The van der Waals surface area contributed by atoms with E-state index in [1.54, 1.807) is 24.3 Å². The summed E-state index contributed by atoms with van der Waals surface area (Å²) in [7, 11) is 0. The second kappa shape index (κ2) is 7.97. The summed E-state index contributed by atoms with van der Waals surface area (Å²) < 4.78 is 5.60. The fourth-order valence-electron chi connectivity index (χ4n) is 1.61. The number of aromatic nitrogens is 1. The van der Waals surface area contributed by atoms with Gasteiger partial charge in [0, 0.05) is 23.5 Å². The molecule has 112 valence electrons. The first-order valence-electron chi connectivity index (χ1n) is 6.46. The van der Waals surface area contributed by atoms with Crippen LogP contribution >= 0.6 is 22.9 Å². The van der Waals surface area contributed by atoms with Crippen molar-refractivity contribution in [2.75, 3.05) is 13.1 Å². The molecule has 21 heavy (non-hydrogen) atoms. The molecule has 5 nitrogen and oxygen atoms in total. The van der Waals surface area contributed by atoms with Crippen LogP contribution in [-0.2, 0) is 17.8 Å². The van der Waals surface area contributed by atoms with Crippen LogP contribution in [0, 0.1) is 0 Å². The molecule has 0 radical (unpaired) electrons. The van der Waals surface area contributed by atoms with Crippen molar-refractivity contribution in [3.8, 4) is 5.75 Å². The van der Waals surface area contributed by atoms with E-state index in [1.807, 2.05) is 5.38 Å². The number of thiazole rings is 1. The maximum atomic E-state index is 11.5. The largest absolute Gasteiger partial charge is 0.486 e. The van der Waals surface area contributed by atoms with Gasteiger partial charge in [0.1, 0.15) is 17.4 Å². The lowest BCUT2D eigenvalue weighted by atomic mass is 10.3. The molecule has 0 atom stereocenters. The van der Waals surface area contributed by atoms with E-state index < -0.39 is 0 Å². The van der Waals surface area contributed by atoms with Gasteiger partial charge < -0.3 is 15.8 Å². The second-order valence-electron chi connectivity index (χ2n) is 4.29. The molecular weight excluding hydrogens is 310 g/mol. The quantitative estimate of drug-likeness (QED) is 0.816. The molecule has 1 aromatic heterocycles. The first-order valence-corrected chi connectivity index (χ1v) is 7.71. The zero-order valence-corrected chi connectivity index (χ0v) is 12.9. The molecule has 0 unspecified atom stereocenters. The van der Waals surface area contributed by atoms with E-state index in [1.165, 1.54) is 11.3 Å². The number of hydrogen-bond acceptors (Lipinski definition) is 5. The molecule has 2 rings (SSSR count). The Kier molecular flexibility index (Phi) is 5.98. The molecule has 1 aromatic carbocycles. The smallest absolute Gasteiger partial charge is 0.226 e. The highest BCUT2D eigenvalue weighted by Crippen LogP contribution is 2.18. The molecule has 0 fully saturated rings. The van der Waals surface area contributed by atoms with E-state index in [4.69, 9.17) is 22.1 Å². The van der Waals surface area contributed by atoms with Crippen LogP contribution in [-0.4, -0.2) is 24.0 Å². The molecule has 7 heteroatoms. The van der Waals surface area contributed by atoms with Crippen LogP contribution in [0.2, 0.25) is 5.02 Å². The Hall–Kier alpha value is -1.63. The van der Waals surface area contributed by atoms with Crippen LogP contribution in [0.5, 0.6) is 5.75 Å². The minimum absolute atomic E-state index is 0.0732. The molecule has 2 aromatic rings. The first-order chi connectivity index (χ1) is 10.2. The van der Waals surface area contributed by atoms with Crippen LogP contribution in [0.4, 0.5) is 0 Å². The molecule has 1 heterocycles. The maximum absolute atomic E-state index is 11.5. The van der Waals surface area contributed by atoms with Crippen LogP contribution < -0.4 is 15.8 Å². The Labute approximate surface area is 132 Å². The van der Waals surface area contributed by atoms with Gasteiger partial charge >= 0.3 is 0 Å². The third-order valence-electron chi connectivity index (χ3n) is 2.58. The van der Waals surface area contributed by atoms with Gasteiger partial charge in [-0.15, -0.1) is 11.3 Å². The molecule has 3 N–H and O–H groups in total. The van der Waals surface area contributed by atoms with Crippen LogP contribution in [0.25, 0.3) is 0 Å². The monoisotopic (exact) mass is 325 g/mol. The summed E-state index contributed by atoms with van der Waals surface area (Å²) in [6.45, 7) is 1.29. The summed E-state index contributed by atoms with van der Waals surface area (Å²) in [5, 5.41) is 6.07. The third kappa shape index (κ3) is 5.34. The average molecular weight is 326 g/mol. The Bertz CT molecular complexity index is 586. The third-order valence-corrected chi connectivity index (χ3v) is 3.71. The van der Waals surface area contributed by atoms with E-state index in [9.17, 15) is 4.79 Å². The highest BCUT2D eigenvalue weighted by molar-refractivity contribution is 7.09. The van der Waals surface area contributed by atoms with Crippen molar-refractivity contribution < 1.29 is 9.53 Å². The van der Waals surface area contributed by atoms with Gasteiger partial charge in [0.15, 0.2) is 0 Å². The number of halogens is 1. The SMILES string of the molecule is NCCNC(=O)Cc1csc(COc2ccc(Cl)cc2)n1. The van der Waals surface area contributed by atoms with Crippen LogP contribution in [0.3, 0.4) is 0 Å². The van der Waals surface area contributed by atoms with Crippen LogP contribution in [0.1, 0.15) is 10.7 Å². The van der Waals surface area contributed by atoms with Gasteiger partial charge in [-0.25, -0.2) is 4.98 Å². The minimum atomic E-state index is -0.0732. The summed E-state index contributed by atoms with van der Waals surface area (Å²) >= 11 is 7.28. The highest BCUT2D eigenvalue weighted by atomic mass is 35.5. The van der Waals surface area contributed by atoms with Crippen molar-refractivity contribution >= 4 is 28.8 Å². The zero-order valence-electron chi connectivity index (χ0n) is 11.3. The number of rotatable bonds is 7. The van der Waals surface area contributed by atoms with Gasteiger partial charge in [0.2, 0.25) is 5.91 Å². The Balaban J connectivity index is 1.82. The molecule has 0 spiro atoms. The van der Waals surface area contributed by atoms with Crippen molar-refractivity contribution in [1.29, 1.82) is 0 Å². The number of carbonyl (C=O) groups excluding carboxylic acids is 1. The predicted molar refractivity (Wildman–Crippen MR) is 83.7 cm³/mol. The maximum Gasteiger partial charge on any atom is 0.226 e. The number of amides is 1. The number of nitrogens with one attached hydrogen (secondary N) is 1. The predicted octanol–water partition coefficient (Wildman–Crippen LogP) is 1.99.